The number of fused-ring (bicyclic) bond motifs is 2. The van der Waals surface area contributed by atoms with Crippen LogP contribution in [0.3, 0.4) is 0 Å². The molecule has 0 radical (unpaired) electrons. The number of hydrogen-bond acceptors (Lipinski definition) is 7. The number of hydrogen-bond donors (Lipinski definition) is 1. The van der Waals surface area contributed by atoms with E-state index in [-0.39, 0.29) is 17.5 Å². The zero-order valence-electron chi connectivity index (χ0n) is 17.7. The van der Waals surface area contributed by atoms with Crippen LogP contribution in [0.4, 0.5) is 0 Å². The number of aryl methyl sites for hydroxylation is 1. The number of benzene rings is 1. The van der Waals surface area contributed by atoms with Crippen molar-refractivity contribution in [3.63, 3.8) is 0 Å². The van der Waals surface area contributed by atoms with Crippen molar-refractivity contribution in [3.8, 4) is 5.00 Å². The van der Waals surface area contributed by atoms with Gasteiger partial charge < -0.3 is 5.32 Å². The van der Waals surface area contributed by atoms with Gasteiger partial charge in [0.2, 0.25) is 0 Å². The Balaban J connectivity index is 1.44. The molecule has 1 aromatic carbocycles. The van der Waals surface area contributed by atoms with E-state index in [1.54, 1.807) is 28.3 Å². The van der Waals surface area contributed by atoms with Crippen LogP contribution in [0, 0.1) is 0 Å². The third-order valence-electron chi connectivity index (χ3n) is 5.92. The summed E-state index contributed by atoms with van der Waals surface area (Å²) in [5.74, 6) is -0.157. The van der Waals surface area contributed by atoms with Gasteiger partial charge in [0.25, 0.3) is 11.5 Å². The fraction of sp³-hybridized carbons (Fsp3) is 0.364. The summed E-state index contributed by atoms with van der Waals surface area (Å²) in [6, 6.07) is 7.15. The van der Waals surface area contributed by atoms with Gasteiger partial charge in [-0.05, 0) is 54.2 Å². The molecule has 164 valence electrons. The second-order valence-corrected chi connectivity index (χ2v) is 9.03. The molecule has 0 bridgehead atoms. The number of carbonyl (C=O) groups is 1. The molecule has 32 heavy (non-hydrogen) atoms. The highest BCUT2D eigenvalue weighted by Gasteiger charge is 2.28. The monoisotopic (exact) mass is 449 g/mol. The lowest BCUT2D eigenvalue weighted by Crippen LogP contribution is -2.41. The van der Waals surface area contributed by atoms with Crippen LogP contribution in [0.1, 0.15) is 47.0 Å². The van der Waals surface area contributed by atoms with Crippen LogP contribution in [0.15, 0.2) is 41.6 Å². The Bertz CT molecular complexity index is 1330. The van der Waals surface area contributed by atoms with Gasteiger partial charge in [0.1, 0.15) is 11.3 Å². The fourth-order valence-electron chi connectivity index (χ4n) is 4.20. The molecular formula is C22H23N7O2S. The van der Waals surface area contributed by atoms with Crippen molar-refractivity contribution in [1.82, 2.24) is 35.3 Å². The standard InChI is InChI=1S/C22H23N7O2S/c1-2-15(12-28-21(31)16-8-4-3-7-14(16)11-24-28)25-20(30)19-17-9-5-6-10-18(17)32-22(19)29-13-23-26-27-29/h3-4,7-8,11,13,15H,2,5-6,9-10,12H2,1H3,(H,25,30)/t15-/m1/s1. The van der Waals surface area contributed by atoms with Gasteiger partial charge in [0.15, 0.2) is 0 Å². The summed E-state index contributed by atoms with van der Waals surface area (Å²) in [6.45, 7) is 2.29. The lowest BCUT2D eigenvalue weighted by Gasteiger charge is -2.19. The molecule has 3 aromatic heterocycles. The SMILES string of the molecule is CC[C@H](Cn1ncc2ccccc2c1=O)NC(=O)c1c(-n2cnnn2)sc2c1CCCC2. The maximum atomic E-state index is 13.5. The van der Waals surface area contributed by atoms with E-state index in [1.165, 1.54) is 15.9 Å². The third kappa shape index (κ3) is 3.70. The molecule has 1 amide bonds. The van der Waals surface area contributed by atoms with Crippen LogP contribution in [-0.4, -0.2) is 41.9 Å². The molecule has 1 aliphatic carbocycles. The number of nitrogens with one attached hydrogen (secondary N) is 1. The highest BCUT2D eigenvalue weighted by molar-refractivity contribution is 7.15. The minimum absolute atomic E-state index is 0.155. The van der Waals surface area contributed by atoms with Gasteiger partial charge in [0.05, 0.1) is 23.7 Å². The van der Waals surface area contributed by atoms with E-state index in [0.717, 1.165) is 41.6 Å². The van der Waals surface area contributed by atoms with Crippen LogP contribution in [0.5, 0.6) is 0 Å². The van der Waals surface area contributed by atoms with E-state index in [2.05, 4.69) is 25.9 Å². The van der Waals surface area contributed by atoms with Gasteiger partial charge in [-0.1, -0.05) is 25.1 Å². The fourth-order valence-corrected chi connectivity index (χ4v) is 5.50. The Morgan fingerprint density at radius 1 is 1.25 bits per heavy atom. The van der Waals surface area contributed by atoms with E-state index in [9.17, 15) is 9.59 Å². The molecule has 4 aromatic rings. The van der Waals surface area contributed by atoms with Crippen molar-refractivity contribution in [2.24, 2.45) is 0 Å². The molecule has 3 heterocycles. The zero-order valence-corrected chi connectivity index (χ0v) is 18.5. The minimum atomic E-state index is -0.241. The smallest absolute Gasteiger partial charge is 0.274 e. The predicted molar refractivity (Wildman–Crippen MR) is 121 cm³/mol. The number of nitrogens with zero attached hydrogens (tertiary/aromatic N) is 6. The Morgan fingerprint density at radius 3 is 2.91 bits per heavy atom. The molecule has 9 nitrogen and oxygen atoms in total. The first kappa shape index (κ1) is 20.5. The molecule has 0 spiro atoms. The van der Waals surface area contributed by atoms with Gasteiger partial charge in [0, 0.05) is 16.3 Å². The predicted octanol–water partition coefficient (Wildman–Crippen LogP) is 2.52. The number of aromatic nitrogens is 6. The van der Waals surface area contributed by atoms with Crippen molar-refractivity contribution in [2.75, 3.05) is 0 Å². The first-order chi connectivity index (χ1) is 15.7. The highest BCUT2D eigenvalue weighted by atomic mass is 32.1. The first-order valence-corrected chi connectivity index (χ1v) is 11.6. The Kier molecular flexibility index (Phi) is 5.52. The number of thiophene rings is 1. The van der Waals surface area contributed by atoms with Gasteiger partial charge in [-0.25, -0.2) is 4.68 Å². The Hall–Kier alpha value is -3.40. The van der Waals surface area contributed by atoms with Crippen LogP contribution in [0.2, 0.25) is 0 Å². The molecule has 0 fully saturated rings. The van der Waals surface area contributed by atoms with Gasteiger partial charge >= 0.3 is 0 Å². The maximum absolute atomic E-state index is 13.5. The number of carbonyl (C=O) groups excluding carboxylic acids is 1. The topological polar surface area (TPSA) is 108 Å². The molecular weight excluding hydrogens is 426 g/mol. The third-order valence-corrected chi connectivity index (χ3v) is 7.20. The highest BCUT2D eigenvalue weighted by Crippen LogP contribution is 2.36. The van der Waals surface area contributed by atoms with E-state index in [1.807, 2.05) is 25.1 Å². The molecule has 10 heteroatoms. The van der Waals surface area contributed by atoms with Crippen LogP contribution in [-0.2, 0) is 19.4 Å². The average Bonchev–Trinajstić information content (AvgIpc) is 3.48. The van der Waals surface area contributed by atoms with Crippen molar-refractivity contribution in [2.45, 2.75) is 51.6 Å². The molecule has 1 aliphatic rings. The molecule has 1 atom stereocenters. The molecule has 0 unspecified atom stereocenters. The maximum Gasteiger partial charge on any atom is 0.274 e. The zero-order chi connectivity index (χ0) is 22.1. The van der Waals surface area contributed by atoms with E-state index < -0.39 is 0 Å². The summed E-state index contributed by atoms with van der Waals surface area (Å²) < 4.78 is 3.00. The summed E-state index contributed by atoms with van der Waals surface area (Å²) >= 11 is 1.58. The number of amides is 1. The Labute approximate surface area is 188 Å². The quantitative estimate of drug-likeness (QED) is 0.485. The first-order valence-electron chi connectivity index (χ1n) is 10.8. The largest absolute Gasteiger partial charge is 0.347 e. The molecule has 0 saturated carbocycles. The van der Waals surface area contributed by atoms with Crippen molar-refractivity contribution in [3.05, 3.63) is 63.1 Å². The van der Waals surface area contributed by atoms with E-state index in [0.29, 0.717) is 23.9 Å². The molecule has 5 rings (SSSR count). The van der Waals surface area contributed by atoms with Crippen LogP contribution >= 0.6 is 11.3 Å². The lowest BCUT2D eigenvalue weighted by atomic mass is 9.95. The Morgan fingerprint density at radius 2 is 2.09 bits per heavy atom. The number of rotatable bonds is 6. The summed E-state index contributed by atoms with van der Waals surface area (Å²) in [5, 5.41) is 21.1. The van der Waals surface area contributed by atoms with Crippen LogP contribution in [0.25, 0.3) is 15.8 Å². The normalized spacial score (nSPS) is 14.3. The summed E-state index contributed by atoms with van der Waals surface area (Å²) in [7, 11) is 0. The van der Waals surface area contributed by atoms with Crippen molar-refractivity contribution in [1.29, 1.82) is 0 Å². The minimum Gasteiger partial charge on any atom is -0.347 e. The second kappa shape index (κ2) is 8.62. The van der Waals surface area contributed by atoms with Gasteiger partial charge in [-0.2, -0.15) is 9.78 Å². The van der Waals surface area contributed by atoms with E-state index >= 15 is 0 Å². The second-order valence-electron chi connectivity index (χ2n) is 7.94. The molecule has 0 aliphatic heterocycles. The summed E-state index contributed by atoms with van der Waals surface area (Å²) in [4.78, 5) is 27.5. The average molecular weight is 450 g/mol. The van der Waals surface area contributed by atoms with Crippen LogP contribution < -0.4 is 10.9 Å². The van der Waals surface area contributed by atoms with Gasteiger partial charge in [-0.15, -0.1) is 16.4 Å². The van der Waals surface area contributed by atoms with Crippen molar-refractivity contribution < 1.29 is 4.79 Å². The number of tetrazole rings is 1. The summed E-state index contributed by atoms with van der Waals surface area (Å²) in [5.41, 5.74) is 1.59. The van der Waals surface area contributed by atoms with Gasteiger partial charge in [-0.3, -0.25) is 9.59 Å². The summed E-state index contributed by atoms with van der Waals surface area (Å²) in [6.07, 6.45) is 7.90. The molecule has 0 saturated heterocycles. The lowest BCUT2D eigenvalue weighted by molar-refractivity contribution is 0.0930. The molecule has 1 N–H and O–H groups in total. The van der Waals surface area contributed by atoms with E-state index in [4.69, 9.17) is 0 Å². The van der Waals surface area contributed by atoms with Crippen molar-refractivity contribution >= 4 is 28.0 Å².